The first-order valence-electron chi connectivity index (χ1n) is 8.77. The summed E-state index contributed by atoms with van der Waals surface area (Å²) < 4.78 is 2.18. The molecule has 1 aromatic heterocycles. The van der Waals surface area contributed by atoms with Gasteiger partial charge in [0.15, 0.2) is 0 Å². The molecule has 2 heterocycles. The average molecular weight is 338 g/mol. The maximum absolute atomic E-state index is 13.1. The van der Waals surface area contributed by atoms with Gasteiger partial charge in [-0.2, -0.15) is 0 Å². The Morgan fingerprint density at radius 2 is 1.92 bits per heavy atom. The van der Waals surface area contributed by atoms with Crippen molar-refractivity contribution in [1.29, 1.82) is 0 Å². The summed E-state index contributed by atoms with van der Waals surface area (Å²) in [5, 5.41) is 19.1. The standard InChI is InChI=1S/C19H23BN2O3/c1-12-14(20(24)25)5-4-6-15(12)22-8-7-21-16(18(22)23)9-13-10-19(2,3)11-17(13)21/h4-6,9,24-25H,7-8,10-11H2,1-3H3. The van der Waals surface area contributed by atoms with Crippen LogP contribution in [0.4, 0.5) is 5.69 Å². The first-order chi connectivity index (χ1) is 11.8. The number of rotatable bonds is 2. The largest absolute Gasteiger partial charge is 0.488 e. The second kappa shape index (κ2) is 5.48. The van der Waals surface area contributed by atoms with Crippen LogP contribution in [0.3, 0.4) is 0 Å². The predicted octanol–water partition coefficient (Wildman–Crippen LogP) is 1.26. The van der Waals surface area contributed by atoms with Crippen LogP contribution in [-0.2, 0) is 19.4 Å². The van der Waals surface area contributed by atoms with Crippen molar-refractivity contribution in [3.8, 4) is 0 Å². The third kappa shape index (κ3) is 2.52. The molecule has 0 atom stereocenters. The van der Waals surface area contributed by atoms with Gasteiger partial charge in [-0.3, -0.25) is 4.79 Å². The van der Waals surface area contributed by atoms with Crippen molar-refractivity contribution in [3.05, 3.63) is 46.8 Å². The molecule has 130 valence electrons. The zero-order valence-corrected chi connectivity index (χ0v) is 14.9. The molecule has 2 N–H and O–H groups in total. The third-order valence-corrected chi connectivity index (χ3v) is 5.54. The summed E-state index contributed by atoms with van der Waals surface area (Å²) in [5.74, 6) is -0.00821. The minimum atomic E-state index is -1.53. The van der Waals surface area contributed by atoms with Crippen LogP contribution < -0.4 is 10.4 Å². The van der Waals surface area contributed by atoms with Crippen molar-refractivity contribution in [3.63, 3.8) is 0 Å². The van der Waals surface area contributed by atoms with Crippen molar-refractivity contribution in [2.75, 3.05) is 11.4 Å². The number of benzene rings is 1. The SMILES string of the molecule is Cc1c(B(O)O)cccc1N1CCn2c(cc3c2CC(C)(C)C3)C1=O. The summed E-state index contributed by atoms with van der Waals surface area (Å²) in [6.07, 6.45) is 2.03. The van der Waals surface area contributed by atoms with Crippen LogP contribution >= 0.6 is 0 Å². The van der Waals surface area contributed by atoms with Crippen LogP contribution in [0, 0.1) is 12.3 Å². The summed E-state index contributed by atoms with van der Waals surface area (Å²) in [6.45, 7) is 7.74. The highest BCUT2D eigenvalue weighted by molar-refractivity contribution is 6.59. The summed E-state index contributed by atoms with van der Waals surface area (Å²) >= 11 is 0. The van der Waals surface area contributed by atoms with Crippen LogP contribution in [0.15, 0.2) is 24.3 Å². The van der Waals surface area contributed by atoms with Crippen LogP contribution in [0.5, 0.6) is 0 Å². The Bertz CT molecular complexity index is 870. The number of hydrogen-bond acceptors (Lipinski definition) is 3. The number of fused-ring (bicyclic) bond motifs is 3. The second-order valence-electron chi connectivity index (χ2n) is 7.99. The van der Waals surface area contributed by atoms with E-state index in [1.807, 2.05) is 13.0 Å². The lowest BCUT2D eigenvalue weighted by molar-refractivity contribution is 0.0964. The molecule has 1 amide bonds. The Morgan fingerprint density at radius 1 is 1.16 bits per heavy atom. The summed E-state index contributed by atoms with van der Waals surface area (Å²) in [6, 6.07) is 7.37. The van der Waals surface area contributed by atoms with Crippen molar-refractivity contribution in [1.82, 2.24) is 4.57 Å². The number of aromatic nitrogens is 1. The number of hydrogen-bond donors (Lipinski definition) is 2. The van der Waals surface area contributed by atoms with E-state index in [1.165, 1.54) is 11.3 Å². The highest BCUT2D eigenvalue weighted by atomic mass is 16.4. The molecule has 0 saturated carbocycles. The number of carbonyl (C=O) groups is 1. The quantitative estimate of drug-likeness (QED) is 0.811. The van der Waals surface area contributed by atoms with Crippen molar-refractivity contribution >= 4 is 24.2 Å². The zero-order chi connectivity index (χ0) is 17.9. The number of nitrogens with zero attached hydrogens (tertiary/aromatic N) is 2. The highest BCUT2D eigenvalue weighted by Crippen LogP contribution is 2.39. The van der Waals surface area contributed by atoms with Gasteiger partial charge >= 0.3 is 7.12 Å². The first-order valence-corrected chi connectivity index (χ1v) is 8.77. The summed E-state index contributed by atoms with van der Waals surface area (Å²) in [4.78, 5) is 14.9. The zero-order valence-electron chi connectivity index (χ0n) is 14.9. The monoisotopic (exact) mass is 338 g/mol. The summed E-state index contributed by atoms with van der Waals surface area (Å²) in [7, 11) is -1.53. The third-order valence-electron chi connectivity index (χ3n) is 5.54. The molecule has 0 radical (unpaired) electrons. The van der Waals surface area contributed by atoms with Crippen molar-refractivity contribution in [2.24, 2.45) is 5.41 Å². The molecule has 5 nitrogen and oxygen atoms in total. The fourth-order valence-electron chi connectivity index (χ4n) is 4.35. The van der Waals surface area contributed by atoms with Gasteiger partial charge in [-0.05, 0) is 53.9 Å². The minimum Gasteiger partial charge on any atom is -0.423 e. The van der Waals surface area contributed by atoms with Crippen LogP contribution in [0.25, 0.3) is 0 Å². The lowest BCUT2D eigenvalue weighted by Crippen LogP contribution is -2.42. The molecule has 4 rings (SSSR count). The van der Waals surface area contributed by atoms with Crippen LogP contribution in [0.2, 0.25) is 0 Å². The van der Waals surface area contributed by atoms with Gasteiger partial charge in [0.05, 0.1) is 0 Å². The van der Waals surface area contributed by atoms with Crippen LogP contribution in [0.1, 0.15) is 41.2 Å². The molecule has 0 spiro atoms. The van der Waals surface area contributed by atoms with Gasteiger partial charge in [0, 0.05) is 24.5 Å². The Kier molecular flexibility index (Phi) is 3.60. The van der Waals surface area contributed by atoms with E-state index in [0.29, 0.717) is 12.0 Å². The normalized spacial score (nSPS) is 18.3. The molecule has 0 saturated heterocycles. The molecule has 25 heavy (non-hydrogen) atoms. The number of anilines is 1. The average Bonchev–Trinajstić information content (AvgIpc) is 3.01. The molecule has 1 aliphatic carbocycles. The van der Waals surface area contributed by atoms with Gasteiger partial charge in [-0.1, -0.05) is 26.0 Å². The van der Waals surface area contributed by atoms with E-state index in [4.69, 9.17) is 0 Å². The van der Waals surface area contributed by atoms with E-state index in [0.717, 1.165) is 36.3 Å². The van der Waals surface area contributed by atoms with E-state index in [2.05, 4.69) is 24.5 Å². The van der Waals surface area contributed by atoms with Gasteiger partial charge < -0.3 is 19.5 Å². The lowest BCUT2D eigenvalue weighted by Gasteiger charge is -2.31. The maximum atomic E-state index is 13.1. The van der Waals surface area contributed by atoms with Gasteiger partial charge in [0.1, 0.15) is 5.69 Å². The topological polar surface area (TPSA) is 65.7 Å². The van der Waals surface area contributed by atoms with E-state index >= 15 is 0 Å². The van der Waals surface area contributed by atoms with Crippen molar-refractivity contribution in [2.45, 2.75) is 40.2 Å². The molecule has 0 fully saturated rings. The predicted molar refractivity (Wildman–Crippen MR) is 98.3 cm³/mol. The molecule has 0 bridgehead atoms. The summed E-state index contributed by atoms with van der Waals surface area (Å²) in [5.41, 5.74) is 5.56. The van der Waals surface area contributed by atoms with E-state index < -0.39 is 7.12 Å². The molecule has 1 aliphatic heterocycles. The fraction of sp³-hybridized carbons (Fsp3) is 0.421. The van der Waals surface area contributed by atoms with Crippen LogP contribution in [-0.4, -0.2) is 34.2 Å². The first kappa shape index (κ1) is 16.4. The minimum absolute atomic E-state index is 0.00821. The van der Waals surface area contributed by atoms with E-state index in [-0.39, 0.29) is 11.3 Å². The molecule has 2 aromatic rings. The van der Waals surface area contributed by atoms with E-state index in [9.17, 15) is 14.8 Å². The smallest absolute Gasteiger partial charge is 0.423 e. The lowest BCUT2D eigenvalue weighted by atomic mass is 9.77. The molecule has 2 aliphatic rings. The highest BCUT2D eigenvalue weighted by Gasteiger charge is 2.37. The van der Waals surface area contributed by atoms with Gasteiger partial charge in [0.2, 0.25) is 0 Å². The van der Waals surface area contributed by atoms with E-state index in [1.54, 1.807) is 17.0 Å². The second-order valence-corrected chi connectivity index (χ2v) is 7.99. The molecule has 0 unspecified atom stereocenters. The van der Waals surface area contributed by atoms with Crippen molar-refractivity contribution < 1.29 is 14.8 Å². The fourth-order valence-corrected chi connectivity index (χ4v) is 4.35. The van der Waals surface area contributed by atoms with Gasteiger partial charge in [-0.15, -0.1) is 0 Å². The molecule has 1 aromatic carbocycles. The Balaban J connectivity index is 1.72. The number of carbonyl (C=O) groups excluding carboxylic acids is 1. The molecule has 6 heteroatoms. The molecular weight excluding hydrogens is 315 g/mol. The number of amides is 1. The Morgan fingerprint density at radius 3 is 2.64 bits per heavy atom. The Hall–Kier alpha value is -2.05. The Labute approximate surface area is 148 Å². The molecular formula is C19H23BN2O3. The van der Waals surface area contributed by atoms with Gasteiger partial charge in [-0.25, -0.2) is 0 Å². The van der Waals surface area contributed by atoms with Gasteiger partial charge in [0.25, 0.3) is 5.91 Å². The maximum Gasteiger partial charge on any atom is 0.488 e.